The molecule has 0 saturated heterocycles. The van der Waals surface area contributed by atoms with E-state index in [1.165, 1.54) is 6.42 Å². The zero-order chi connectivity index (χ0) is 20.9. The van der Waals surface area contributed by atoms with Gasteiger partial charge in [-0.3, -0.25) is 9.59 Å². The van der Waals surface area contributed by atoms with E-state index in [1.54, 1.807) is 24.3 Å². The third-order valence-corrected chi connectivity index (χ3v) is 7.10. The van der Waals surface area contributed by atoms with Crippen molar-refractivity contribution in [1.29, 1.82) is 0 Å². The first-order valence-electron chi connectivity index (χ1n) is 10.6. The minimum Gasteiger partial charge on any atom is -0.345 e. The van der Waals surface area contributed by atoms with Gasteiger partial charge in [0.25, 0.3) is 11.8 Å². The van der Waals surface area contributed by atoms with E-state index in [1.807, 2.05) is 19.1 Å². The summed E-state index contributed by atoms with van der Waals surface area (Å²) in [5.74, 6) is 0.689. The first kappa shape index (κ1) is 19.5. The first-order valence-corrected chi connectivity index (χ1v) is 10.9. The van der Waals surface area contributed by atoms with Crippen molar-refractivity contribution in [3.05, 3.63) is 58.6 Å². The van der Waals surface area contributed by atoms with Gasteiger partial charge in [-0.1, -0.05) is 23.7 Å². The van der Waals surface area contributed by atoms with Crippen molar-refractivity contribution in [3.8, 4) is 0 Å². The largest absolute Gasteiger partial charge is 0.345 e. The van der Waals surface area contributed by atoms with E-state index in [9.17, 15) is 9.59 Å². The number of rotatable bonds is 4. The third-order valence-electron chi connectivity index (χ3n) is 6.89. The number of halogens is 1. The predicted octanol–water partition coefficient (Wildman–Crippen LogP) is 3.69. The highest BCUT2D eigenvalue weighted by atomic mass is 35.5. The van der Waals surface area contributed by atoms with Gasteiger partial charge in [0.15, 0.2) is 0 Å². The lowest BCUT2D eigenvalue weighted by atomic mass is 9.49. The van der Waals surface area contributed by atoms with Crippen LogP contribution in [0.25, 0.3) is 0 Å². The van der Waals surface area contributed by atoms with Crippen LogP contribution in [0.2, 0.25) is 5.15 Å². The Bertz CT molecular complexity index is 932. The second-order valence-electron chi connectivity index (χ2n) is 9.44. The van der Waals surface area contributed by atoms with Gasteiger partial charge >= 0.3 is 0 Å². The lowest BCUT2D eigenvalue weighted by Crippen LogP contribution is -2.70. The molecule has 4 bridgehead atoms. The fourth-order valence-corrected chi connectivity index (χ4v) is 6.53. The molecule has 4 aliphatic carbocycles. The van der Waals surface area contributed by atoms with Crippen molar-refractivity contribution in [3.63, 3.8) is 0 Å². The molecule has 4 fully saturated rings. The van der Waals surface area contributed by atoms with Crippen LogP contribution in [0, 0.1) is 18.8 Å². The summed E-state index contributed by atoms with van der Waals surface area (Å²) in [5.41, 5.74) is 1.01. The zero-order valence-electron chi connectivity index (χ0n) is 17.0. The SMILES string of the molecule is Cc1cccc(C(=O)NC23CC4CC(C2)CC(NC(=O)c2cccc(Cl)n2)(C4)C3)n1. The highest BCUT2D eigenvalue weighted by Gasteiger charge is 2.58. The summed E-state index contributed by atoms with van der Waals surface area (Å²) in [4.78, 5) is 34.5. The average Bonchev–Trinajstić information content (AvgIpc) is 2.66. The smallest absolute Gasteiger partial charge is 0.270 e. The van der Waals surface area contributed by atoms with Gasteiger partial charge in [0, 0.05) is 16.8 Å². The van der Waals surface area contributed by atoms with Gasteiger partial charge in [-0.15, -0.1) is 0 Å². The summed E-state index contributed by atoms with van der Waals surface area (Å²) in [6, 6.07) is 10.6. The molecule has 2 N–H and O–H groups in total. The number of aryl methyl sites for hydroxylation is 1. The topological polar surface area (TPSA) is 84.0 Å². The summed E-state index contributed by atoms with van der Waals surface area (Å²) < 4.78 is 0. The van der Waals surface area contributed by atoms with E-state index in [2.05, 4.69) is 20.6 Å². The molecular formula is C23H25ClN4O2. The van der Waals surface area contributed by atoms with Gasteiger partial charge in [-0.2, -0.15) is 0 Å². The van der Waals surface area contributed by atoms with E-state index >= 15 is 0 Å². The number of aromatic nitrogens is 2. The van der Waals surface area contributed by atoms with E-state index in [4.69, 9.17) is 11.6 Å². The number of amides is 2. The number of hydrogen-bond acceptors (Lipinski definition) is 4. The van der Waals surface area contributed by atoms with Crippen LogP contribution in [0.1, 0.15) is 65.2 Å². The quantitative estimate of drug-likeness (QED) is 0.733. The molecule has 2 heterocycles. The summed E-state index contributed by atoms with van der Waals surface area (Å²) in [6.07, 6.45) is 5.76. The molecule has 4 saturated carbocycles. The van der Waals surface area contributed by atoms with Crippen LogP contribution in [0.5, 0.6) is 0 Å². The normalized spacial score (nSPS) is 31.4. The van der Waals surface area contributed by atoms with Crippen molar-refractivity contribution >= 4 is 23.4 Å². The van der Waals surface area contributed by atoms with Gasteiger partial charge in [-0.05, 0) is 81.5 Å². The summed E-state index contributed by atoms with van der Waals surface area (Å²) in [5, 5.41) is 6.92. The molecule has 0 spiro atoms. The van der Waals surface area contributed by atoms with Crippen LogP contribution in [0.3, 0.4) is 0 Å². The molecule has 6 rings (SSSR count). The van der Waals surface area contributed by atoms with E-state index in [0.717, 1.165) is 37.8 Å². The van der Waals surface area contributed by atoms with Crippen molar-refractivity contribution in [2.24, 2.45) is 11.8 Å². The molecule has 7 heteroatoms. The number of nitrogens with zero attached hydrogens (tertiary/aromatic N) is 2. The molecule has 6 nitrogen and oxygen atoms in total. The van der Waals surface area contributed by atoms with Gasteiger partial charge in [0.05, 0.1) is 0 Å². The molecule has 156 valence electrons. The Hall–Kier alpha value is -2.47. The molecule has 2 amide bonds. The van der Waals surface area contributed by atoms with Gasteiger partial charge in [0.2, 0.25) is 0 Å². The zero-order valence-corrected chi connectivity index (χ0v) is 17.7. The van der Waals surface area contributed by atoms with Crippen molar-refractivity contribution in [2.75, 3.05) is 0 Å². The number of carbonyl (C=O) groups is 2. The van der Waals surface area contributed by atoms with E-state index in [-0.39, 0.29) is 22.9 Å². The molecule has 2 aromatic heterocycles. The third kappa shape index (κ3) is 3.58. The molecule has 30 heavy (non-hydrogen) atoms. The second kappa shape index (κ2) is 7.05. The Morgan fingerprint density at radius 3 is 1.97 bits per heavy atom. The van der Waals surface area contributed by atoms with Gasteiger partial charge in [-0.25, -0.2) is 9.97 Å². The van der Waals surface area contributed by atoms with Crippen LogP contribution in [-0.2, 0) is 0 Å². The van der Waals surface area contributed by atoms with Crippen molar-refractivity contribution in [2.45, 2.75) is 56.5 Å². The maximum Gasteiger partial charge on any atom is 0.270 e. The fraction of sp³-hybridized carbons (Fsp3) is 0.478. The second-order valence-corrected chi connectivity index (χ2v) is 9.83. The Morgan fingerprint density at radius 1 is 0.900 bits per heavy atom. The van der Waals surface area contributed by atoms with E-state index in [0.29, 0.717) is 28.4 Å². The Labute approximate surface area is 180 Å². The highest BCUT2D eigenvalue weighted by Crippen LogP contribution is 2.57. The maximum atomic E-state index is 13.0. The minimum absolute atomic E-state index is 0.126. The predicted molar refractivity (Wildman–Crippen MR) is 113 cm³/mol. The lowest BCUT2D eigenvalue weighted by Gasteiger charge is -2.62. The Kier molecular flexibility index (Phi) is 4.58. The summed E-state index contributed by atoms with van der Waals surface area (Å²) in [6.45, 7) is 1.88. The van der Waals surface area contributed by atoms with Crippen LogP contribution >= 0.6 is 11.6 Å². The van der Waals surface area contributed by atoms with Crippen LogP contribution in [0.15, 0.2) is 36.4 Å². The summed E-state index contributed by atoms with van der Waals surface area (Å²) in [7, 11) is 0. The molecule has 2 atom stereocenters. The lowest BCUT2D eigenvalue weighted by molar-refractivity contribution is -0.0449. The molecule has 0 aliphatic heterocycles. The van der Waals surface area contributed by atoms with Crippen molar-refractivity contribution < 1.29 is 9.59 Å². The van der Waals surface area contributed by atoms with Gasteiger partial charge in [0.1, 0.15) is 16.5 Å². The summed E-state index contributed by atoms with van der Waals surface area (Å²) >= 11 is 5.97. The fourth-order valence-electron chi connectivity index (χ4n) is 6.37. The molecule has 2 aromatic rings. The number of hydrogen-bond donors (Lipinski definition) is 2. The van der Waals surface area contributed by atoms with Crippen molar-refractivity contribution in [1.82, 2.24) is 20.6 Å². The van der Waals surface area contributed by atoms with Crippen LogP contribution in [-0.4, -0.2) is 32.9 Å². The number of nitrogens with one attached hydrogen (secondary N) is 2. The molecule has 0 aromatic carbocycles. The Balaban J connectivity index is 1.38. The molecule has 0 radical (unpaired) electrons. The minimum atomic E-state index is -0.307. The number of pyridine rings is 2. The Morgan fingerprint density at radius 2 is 1.43 bits per heavy atom. The van der Waals surface area contributed by atoms with Gasteiger partial charge < -0.3 is 10.6 Å². The molecular weight excluding hydrogens is 400 g/mol. The maximum absolute atomic E-state index is 13.0. The van der Waals surface area contributed by atoms with Crippen LogP contribution < -0.4 is 10.6 Å². The monoisotopic (exact) mass is 424 g/mol. The van der Waals surface area contributed by atoms with Crippen LogP contribution in [0.4, 0.5) is 0 Å². The standard InChI is InChI=1S/C23H25ClN4O2/c1-14-4-2-5-17(25-14)20(29)27-22-9-15-8-16(10-22)12-23(11-15,13-22)28-21(30)18-6-3-7-19(24)26-18/h2-7,15-16H,8-13H2,1H3,(H,27,29)(H,28,30). The average molecular weight is 425 g/mol. The molecule has 4 aliphatic rings. The highest BCUT2D eigenvalue weighted by molar-refractivity contribution is 6.29. The van der Waals surface area contributed by atoms with E-state index < -0.39 is 0 Å². The molecule has 2 unspecified atom stereocenters. The number of carbonyl (C=O) groups excluding carboxylic acids is 2. The first-order chi connectivity index (χ1) is 14.3.